The van der Waals surface area contributed by atoms with Crippen LogP contribution in [-0.2, 0) is 6.54 Å². The number of hydrogen-bond donors (Lipinski definition) is 1. The Hall–Kier alpha value is -0.470. The van der Waals surface area contributed by atoms with Crippen molar-refractivity contribution in [3.63, 3.8) is 0 Å². The molecule has 88 valence electrons. The first-order valence-electron chi connectivity index (χ1n) is 6.18. The maximum Gasteiger partial charge on any atom is 0.0180 e. The third-order valence-electron chi connectivity index (χ3n) is 3.74. The van der Waals surface area contributed by atoms with E-state index < -0.39 is 0 Å². The lowest BCUT2D eigenvalue weighted by Gasteiger charge is -2.29. The summed E-state index contributed by atoms with van der Waals surface area (Å²) in [5, 5.41) is 0. The van der Waals surface area contributed by atoms with Gasteiger partial charge in [-0.25, -0.2) is 0 Å². The summed E-state index contributed by atoms with van der Waals surface area (Å²) in [5.74, 6) is 4.19. The van der Waals surface area contributed by atoms with Crippen LogP contribution >= 0.6 is 11.8 Å². The number of nitrogens with two attached hydrogens (primary N) is 1. The highest BCUT2D eigenvalue weighted by molar-refractivity contribution is 7.99. The Morgan fingerprint density at radius 3 is 2.69 bits per heavy atom. The molecule has 0 aliphatic carbocycles. The van der Waals surface area contributed by atoms with E-state index in [2.05, 4.69) is 43.0 Å². The van der Waals surface area contributed by atoms with Crippen molar-refractivity contribution in [3.8, 4) is 0 Å². The average Bonchev–Trinajstić information content (AvgIpc) is 2.39. The molecule has 1 saturated heterocycles. The molecule has 1 atom stereocenters. The minimum atomic E-state index is 0.667. The van der Waals surface area contributed by atoms with Crippen LogP contribution in [0.3, 0.4) is 0 Å². The molecule has 16 heavy (non-hydrogen) atoms. The Bertz CT molecular complexity index is 331. The molecule has 0 bridgehead atoms. The Balaban J connectivity index is 2.15. The standard InChI is InChI=1S/C14H21NS/c1-11(12-6-8-16-9-7-12)14-5-3-2-4-13(14)10-15/h2-5,11-12H,6-10,15H2,1H3. The molecule has 1 heterocycles. The summed E-state index contributed by atoms with van der Waals surface area (Å²) in [4.78, 5) is 0. The number of benzene rings is 1. The second kappa shape index (κ2) is 5.74. The van der Waals surface area contributed by atoms with Crippen LogP contribution in [0.25, 0.3) is 0 Å². The molecular weight excluding hydrogens is 214 g/mol. The van der Waals surface area contributed by atoms with Gasteiger partial charge in [-0.05, 0) is 47.3 Å². The Labute approximate surface area is 103 Å². The summed E-state index contributed by atoms with van der Waals surface area (Å²) >= 11 is 2.10. The maximum atomic E-state index is 5.81. The summed E-state index contributed by atoms with van der Waals surface area (Å²) in [5.41, 5.74) is 8.61. The van der Waals surface area contributed by atoms with Crippen molar-refractivity contribution < 1.29 is 0 Å². The molecule has 1 aromatic rings. The van der Waals surface area contributed by atoms with Crippen LogP contribution in [0.1, 0.15) is 36.8 Å². The van der Waals surface area contributed by atoms with Crippen LogP contribution in [0, 0.1) is 5.92 Å². The normalized spacial score (nSPS) is 19.6. The van der Waals surface area contributed by atoms with Gasteiger partial charge in [0, 0.05) is 6.54 Å². The van der Waals surface area contributed by atoms with Gasteiger partial charge in [-0.2, -0.15) is 11.8 Å². The Morgan fingerprint density at radius 1 is 1.31 bits per heavy atom. The average molecular weight is 235 g/mol. The maximum absolute atomic E-state index is 5.81. The molecule has 2 rings (SSSR count). The summed E-state index contributed by atoms with van der Waals surface area (Å²) in [6.45, 7) is 3.04. The minimum Gasteiger partial charge on any atom is -0.326 e. The Morgan fingerprint density at radius 2 is 2.00 bits per heavy atom. The lowest BCUT2D eigenvalue weighted by Crippen LogP contribution is -2.18. The largest absolute Gasteiger partial charge is 0.326 e. The van der Waals surface area contributed by atoms with E-state index in [-0.39, 0.29) is 0 Å². The fourth-order valence-electron chi connectivity index (χ4n) is 2.63. The Kier molecular flexibility index (Phi) is 4.30. The monoisotopic (exact) mass is 235 g/mol. The minimum absolute atomic E-state index is 0.667. The number of thioether (sulfide) groups is 1. The lowest BCUT2D eigenvalue weighted by molar-refractivity contribution is 0.415. The van der Waals surface area contributed by atoms with E-state index in [1.165, 1.54) is 35.5 Å². The molecule has 0 amide bonds. The second-order valence-electron chi connectivity index (χ2n) is 4.64. The molecule has 1 aliphatic heterocycles. The summed E-state index contributed by atoms with van der Waals surface area (Å²) in [7, 11) is 0. The highest BCUT2D eigenvalue weighted by Crippen LogP contribution is 2.35. The van der Waals surface area contributed by atoms with Crippen molar-refractivity contribution >= 4 is 11.8 Å². The SMILES string of the molecule is CC(c1ccccc1CN)C1CCSCC1. The molecule has 1 fully saturated rings. The van der Waals surface area contributed by atoms with Crippen molar-refractivity contribution in [1.82, 2.24) is 0 Å². The number of hydrogen-bond acceptors (Lipinski definition) is 2. The van der Waals surface area contributed by atoms with Crippen LogP contribution < -0.4 is 5.73 Å². The zero-order valence-corrected chi connectivity index (χ0v) is 10.8. The summed E-state index contributed by atoms with van der Waals surface area (Å²) in [6.07, 6.45) is 2.73. The number of rotatable bonds is 3. The summed E-state index contributed by atoms with van der Waals surface area (Å²) < 4.78 is 0. The van der Waals surface area contributed by atoms with Crippen LogP contribution in [0.15, 0.2) is 24.3 Å². The second-order valence-corrected chi connectivity index (χ2v) is 5.87. The fraction of sp³-hybridized carbons (Fsp3) is 0.571. The third kappa shape index (κ3) is 2.61. The molecule has 1 unspecified atom stereocenters. The van der Waals surface area contributed by atoms with Crippen molar-refractivity contribution in [2.24, 2.45) is 11.7 Å². The summed E-state index contributed by atoms with van der Waals surface area (Å²) in [6, 6.07) is 8.66. The van der Waals surface area contributed by atoms with Crippen molar-refractivity contribution in [2.45, 2.75) is 32.2 Å². The van der Waals surface area contributed by atoms with Crippen LogP contribution in [0.2, 0.25) is 0 Å². The topological polar surface area (TPSA) is 26.0 Å². The van der Waals surface area contributed by atoms with Crippen molar-refractivity contribution in [3.05, 3.63) is 35.4 Å². The van der Waals surface area contributed by atoms with E-state index >= 15 is 0 Å². The smallest absolute Gasteiger partial charge is 0.0180 e. The van der Waals surface area contributed by atoms with Crippen molar-refractivity contribution in [2.75, 3.05) is 11.5 Å². The lowest BCUT2D eigenvalue weighted by atomic mass is 9.82. The van der Waals surface area contributed by atoms with E-state index in [9.17, 15) is 0 Å². The molecule has 0 aromatic heterocycles. The zero-order chi connectivity index (χ0) is 11.4. The van der Waals surface area contributed by atoms with Crippen LogP contribution in [0.4, 0.5) is 0 Å². The molecular formula is C14H21NS. The van der Waals surface area contributed by atoms with Gasteiger partial charge >= 0.3 is 0 Å². The first-order chi connectivity index (χ1) is 7.83. The quantitative estimate of drug-likeness (QED) is 0.869. The van der Waals surface area contributed by atoms with Crippen LogP contribution in [-0.4, -0.2) is 11.5 Å². The molecule has 0 radical (unpaired) electrons. The van der Waals surface area contributed by atoms with Gasteiger partial charge in [0.25, 0.3) is 0 Å². The molecule has 0 saturated carbocycles. The van der Waals surface area contributed by atoms with E-state index in [1.807, 2.05) is 0 Å². The molecule has 0 spiro atoms. The van der Waals surface area contributed by atoms with E-state index in [1.54, 1.807) is 0 Å². The van der Waals surface area contributed by atoms with Gasteiger partial charge in [0.1, 0.15) is 0 Å². The van der Waals surface area contributed by atoms with Crippen LogP contribution in [0.5, 0.6) is 0 Å². The van der Waals surface area contributed by atoms with E-state index in [0.29, 0.717) is 12.5 Å². The van der Waals surface area contributed by atoms with Gasteiger partial charge < -0.3 is 5.73 Å². The predicted molar refractivity (Wildman–Crippen MR) is 72.8 cm³/mol. The fourth-order valence-corrected chi connectivity index (χ4v) is 3.78. The van der Waals surface area contributed by atoms with Gasteiger partial charge in [-0.15, -0.1) is 0 Å². The van der Waals surface area contributed by atoms with Gasteiger partial charge in [-0.1, -0.05) is 31.2 Å². The van der Waals surface area contributed by atoms with Gasteiger partial charge in [0.15, 0.2) is 0 Å². The molecule has 1 nitrogen and oxygen atoms in total. The van der Waals surface area contributed by atoms with Gasteiger partial charge in [-0.3, -0.25) is 0 Å². The first kappa shape index (κ1) is 12.0. The zero-order valence-electron chi connectivity index (χ0n) is 9.99. The third-order valence-corrected chi connectivity index (χ3v) is 4.79. The van der Waals surface area contributed by atoms with E-state index in [0.717, 1.165) is 5.92 Å². The highest BCUT2D eigenvalue weighted by atomic mass is 32.2. The van der Waals surface area contributed by atoms with Gasteiger partial charge in [0.05, 0.1) is 0 Å². The molecule has 1 aromatic carbocycles. The molecule has 2 N–H and O–H groups in total. The first-order valence-corrected chi connectivity index (χ1v) is 7.34. The van der Waals surface area contributed by atoms with Gasteiger partial charge in [0.2, 0.25) is 0 Å². The predicted octanol–water partition coefficient (Wildman–Crippen LogP) is 3.39. The highest BCUT2D eigenvalue weighted by Gasteiger charge is 2.22. The molecule has 1 aliphatic rings. The molecule has 2 heteroatoms. The van der Waals surface area contributed by atoms with Crippen molar-refractivity contribution in [1.29, 1.82) is 0 Å². The van der Waals surface area contributed by atoms with E-state index in [4.69, 9.17) is 5.73 Å².